The summed E-state index contributed by atoms with van der Waals surface area (Å²) in [4.78, 5) is 39.0. The number of aryl methyl sites for hydroxylation is 1. The largest absolute Gasteiger partial charge is 0.467 e. The van der Waals surface area contributed by atoms with Crippen molar-refractivity contribution in [2.24, 2.45) is 0 Å². The van der Waals surface area contributed by atoms with E-state index in [1.807, 2.05) is 24.3 Å². The van der Waals surface area contributed by atoms with Crippen LogP contribution in [0.5, 0.6) is 0 Å². The lowest BCUT2D eigenvalue weighted by Gasteiger charge is -2.21. The number of amides is 2. The van der Waals surface area contributed by atoms with Gasteiger partial charge in [-0.1, -0.05) is 30.3 Å². The Morgan fingerprint density at radius 3 is 2.53 bits per heavy atom. The van der Waals surface area contributed by atoms with Gasteiger partial charge in [-0.3, -0.25) is 14.2 Å². The average molecular weight is 433 g/mol. The Balaban J connectivity index is 1.39. The van der Waals surface area contributed by atoms with E-state index in [1.54, 1.807) is 42.5 Å². The highest BCUT2D eigenvalue weighted by molar-refractivity contribution is 5.94. The first-order chi connectivity index (χ1) is 15.6. The van der Waals surface area contributed by atoms with Gasteiger partial charge in [-0.05, 0) is 42.8 Å². The van der Waals surface area contributed by atoms with E-state index in [0.717, 1.165) is 0 Å². The van der Waals surface area contributed by atoms with Crippen LogP contribution in [0.4, 0.5) is 5.69 Å². The van der Waals surface area contributed by atoms with Crippen LogP contribution in [0.1, 0.15) is 18.6 Å². The predicted octanol–water partition coefficient (Wildman–Crippen LogP) is 3.64. The van der Waals surface area contributed by atoms with Crippen molar-refractivity contribution in [3.8, 4) is 0 Å². The average Bonchev–Trinajstić information content (AvgIpc) is 3.41. The van der Waals surface area contributed by atoms with Crippen molar-refractivity contribution in [2.45, 2.75) is 25.9 Å². The summed E-state index contributed by atoms with van der Waals surface area (Å²) in [7, 11) is 0. The van der Waals surface area contributed by atoms with Crippen LogP contribution in [0, 0.1) is 0 Å². The number of nitrogens with zero attached hydrogens (tertiary/aromatic N) is 2. The molecule has 2 aromatic heterocycles. The molecule has 164 valence electrons. The molecule has 1 N–H and O–H groups in total. The van der Waals surface area contributed by atoms with Gasteiger partial charge < -0.3 is 19.1 Å². The third-order valence-electron chi connectivity index (χ3n) is 5.02. The number of hydrogen-bond donors (Lipinski definition) is 1. The van der Waals surface area contributed by atoms with Gasteiger partial charge in [-0.25, -0.2) is 4.79 Å². The van der Waals surface area contributed by atoms with E-state index in [1.165, 1.54) is 15.7 Å². The zero-order valence-corrected chi connectivity index (χ0v) is 17.4. The van der Waals surface area contributed by atoms with Crippen molar-refractivity contribution < 1.29 is 18.4 Å². The van der Waals surface area contributed by atoms with Gasteiger partial charge in [0.1, 0.15) is 12.3 Å². The first-order valence-electron chi connectivity index (χ1n) is 10.3. The molecule has 0 aliphatic rings. The van der Waals surface area contributed by atoms with Gasteiger partial charge in [-0.15, -0.1) is 0 Å². The third-order valence-corrected chi connectivity index (χ3v) is 5.02. The summed E-state index contributed by atoms with van der Waals surface area (Å²) in [5.74, 6) is -0.366. The standard InChI is InChI=1S/C24H23N3O5/c28-22(25-18-8-2-1-3-9-18)17-26(16-19-10-7-15-31-19)23(29)13-6-14-27-20-11-4-5-12-21(20)32-24(27)30/h1-5,7-12,15H,6,13-14,16-17H2,(H,25,28). The first kappa shape index (κ1) is 21.2. The number of furan rings is 1. The van der Waals surface area contributed by atoms with Gasteiger partial charge in [0.15, 0.2) is 5.58 Å². The Labute approximate surface area is 184 Å². The van der Waals surface area contributed by atoms with Crippen molar-refractivity contribution in [1.82, 2.24) is 9.47 Å². The zero-order chi connectivity index (χ0) is 22.3. The predicted molar refractivity (Wildman–Crippen MR) is 119 cm³/mol. The number of fused-ring (bicyclic) bond motifs is 1. The fraction of sp³-hybridized carbons (Fsp3) is 0.208. The van der Waals surface area contributed by atoms with Crippen LogP contribution in [-0.4, -0.2) is 27.8 Å². The normalized spacial score (nSPS) is 10.9. The van der Waals surface area contributed by atoms with Crippen LogP contribution >= 0.6 is 0 Å². The van der Waals surface area contributed by atoms with Gasteiger partial charge >= 0.3 is 5.76 Å². The molecular formula is C24H23N3O5. The Morgan fingerprint density at radius 2 is 1.75 bits per heavy atom. The Morgan fingerprint density at radius 1 is 0.969 bits per heavy atom. The summed E-state index contributed by atoms with van der Waals surface area (Å²) < 4.78 is 12.1. The highest BCUT2D eigenvalue weighted by atomic mass is 16.4. The fourth-order valence-corrected chi connectivity index (χ4v) is 3.49. The van der Waals surface area contributed by atoms with Gasteiger partial charge in [-0.2, -0.15) is 0 Å². The quantitative estimate of drug-likeness (QED) is 0.435. The monoisotopic (exact) mass is 433 g/mol. The van der Waals surface area contributed by atoms with E-state index in [-0.39, 0.29) is 31.3 Å². The van der Waals surface area contributed by atoms with Crippen molar-refractivity contribution >= 4 is 28.6 Å². The van der Waals surface area contributed by atoms with Gasteiger partial charge in [0.25, 0.3) is 0 Å². The number of rotatable bonds is 9. The van der Waals surface area contributed by atoms with Gasteiger partial charge in [0, 0.05) is 18.7 Å². The maximum absolute atomic E-state index is 12.9. The van der Waals surface area contributed by atoms with E-state index >= 15 is 0 Å². The molecule has 0 saturated carbocycles. The van der Waals surface area contributed by atoms with Crippen LogP contribution in [0.15, 0.2) is 86.6 Å². The SMILES string of the molecule is O=C(CN(Cc1ccco1)C(=O)CCCn1c(=O)oc2ccccc21)Nc1ccccc1. The molecule has 0 fully saturated rings. The number of aromatic nitrogens is 1. The second-order valence-electron chi connectivity index (χ2n) is 7.33. The molecule has 0 atom stereocenters. The Bertz CT molecular complexity index is 1240. The van der Waals surface area contributed by atoms with E-state index in [4.69, 9.17) is 8.83 Å². The minimum Gasteiger partial charge on any atom is -0.467 e. The van der Waals surface area contributed by atoms with E-state index in [0.29, 0.717) is 35.5 Å². The fourth-order valence-electron chi connectivity index (χ4n) is 3.49. The lowest BCUT2D eigenvalue weighted by Crippen LogP contribution is -2.37. The van der Waals surface area contributed by atoms with Crippen LogP contribution in [-0.2, 0) is 22.7 Å². The van der Waals surface area contributed by atoms with Crippen LogP contribution in [0.25, 0.3) is 11.1 Å². The zero-order valence-electron chi connectivity index (χ0n) is 17.4. The summed E-state index contributed by atoms with van der Waals surface area (Å²) in [5, 5.41) is 2.79. The number of para-hydroxylation sites is 3. The molecule has 0 aliphatic heterocycles. The lowest BCUT2D eigenvalue weighted by atomic mass is 10.2. The number of benzene rings is 2. The molecule has 0 unspecified atom stereocenters. The molecule has 0 aliphatic carbocycles. The smallest absolute Gasteiger partial charge is 0.419 e. The summed E-state index contributed by atoms with van der Waals surface area (Å²) in [6, 6.07) is 19.7. The molecule has 4 aromatic rings. The van der Waals surface area contributed by atoms with E-state index < -0.39 is 5.76 Å². The van der Waals surface area contributed by atoms with Crippen molar-refractivity contribution in [3.63, 3.8) is 0 Å². The second-order valence-corrected chi connectivity index (χ2v) is 7.33. The molecule has 8 nitrogen and oxygen atoms in total. The number of hydrogen-bond acceptors (Lipinski definition) is 5. The maximum atomic E-state index is 12.9. The number of nitrogens with one attached hydrogen (secondary N) is 1. The van der Waals surface area contributed by atoms with Crippen molar-refractivity contribution in [3.05, 3.63) is 89.3 Å². The molecule has 2 aromatic carbocycles. The van der Waals surface area contributed by atoms with Crippen LogP contribution in [0.2, 0.25) is 0 Å². The Hall–Kier alpha value is -4.07. The molecule has 0 bridgehead atoms. The summed E-state index contributed by atoms with van der Waals surface area (Å²) in [5.41, 5.74) is 1.87. The summed E-state index contributed by atoms with van der Waals surface area (Å²) in [6.07, 6.45) is 2.13. The van der Waals surface area contributed by atoms with Gasteiger partial charge in [0.05, 0.1) is 18.3 Å². The van der Waals surface area contributed by atoms with Crippen LogP contribution < -0.4 is 11.1 Å². The Kier molecular flexibility index (Phi) is 6.50. The van der Waals surface area contributed by atoms with Gasteiger partial charge in [0.2, 0.25) is 11.8 Å². The molecule has 0 radical (unpaired) electrons. The molecule has 2 amide bonds. The molecule has 32 heavy (non-hydrogen) atoms. The number of oxazole rings is 1. The summed E-state index contributed by atoms with van der Waals surface area (Å²) in [6.45, 7) is 0.415. The first-order valence-corrected chi connectivity index (χ1v) is 10.3. The number of carbonyl (C=O) groups excluding carboxylic acids is 2. The molecule has 4 rings (SSSR count). The molecular weight excluding hydrogens is 410 g/mol. The lowest BCUT2D eigenvalue weighted by molar-refractivity contribution is -0.135. The topological polar surface area (TPSA) is 97.7 Å². The molecule has 0 saturated heterocycles. The maximum Gasteiger partial charge on any atom is 0.419 e. The number of anilines is 1. The van der Waals surface area contributed by atoms with Crippen molar-refractivity contribution in [2.75, 3.05) is 11.9 Å². The highest BCUT2D eigenvalue weighted by Crippen LogP contribution is 2.14. The minimum absolute atomic E-state index is 0.108. The van der Waals surface area contributed by atoms with E-state index in [9.17, 15) is 14.4 Å². The molecule has 8 heteroatoms. The summed E-state index contributed by atoms with van der Waals surface area (Å²) >= 11 is 0. The third kappa shape index (κ3) is 5.15. The second kappa shape index (κ2) is 9.82. The van der Waals surface area contributed by atoms with Crippen LogP contribution in [0.3, 0.4) is 0 Å². The number of carbonyl (C=O) groups is 2. The molecule has 0 spiro atoms. The highest BCUT2D eigenvalue weighted by Gasteiger charge is 2.19. The molecule has 2 heterocycles. The van der Waals surface area contributed by atoms with E-state index in [2.05, 4.69) is 5.32 Å². The van der Waals surface area contributed by atoms with Crippen molar-refractivity contribution in [1.29, 1.82) is 0 Å². The minimum atomic E-state index is -0.451.